The second-order valence-electron chi connectivity index (χ2n) is 12.7. The van der Waals surface area contributed by atoms with Gasteiger partial charge in [0.25, 0.3) is 11.8 Å². The average Bonchev–Trinajstić information content (AvgIpc) is 3.01. The normalized spacial score (nSPS) is 18.2. The molecule has 5 rings (SSSR count). The number of nitriles is 1. The summed E-state index contributed by atoms with van der Waals surface area (Å²) in [6.45, 7) is 3.97. The summed E-state index contributed by atoms with van der Waals surface area (Å²) in [5, 5.41) is 12.2. The van der Waals surface area contributed by atoms with Crippen molar-refractivity contribution in [3.63, 3.8) is 0 Å². The maximum atomic E-state index is 15.1. The zero-order valence-corrected chi connectivity index (χ0v) is 28.9. The molecule has 256 valence electrons. The molecule has 2 fully saturated rings. The van der Waals surface area contributed by atoms with Gasteiger partial charge in [0.05, 0.1) is 18.2 Å². The van der Waals surface area contributed by atoms with E-state index in [0.717, 1.165) is 26.8 Å². The summed E-state index contributed by atoms with van der Waals surface area (Å²) in [6.07, 6.45) is -0.791. The lowest BCUT2D eigenvalue weighted by atomic mass is 9.87. The smallest absolute Gasteiger partial charge is 0.410 e. The predicted octanol–water partition coefficient (Wildman–Crippen LogP) is 5.34. The molecule has 0 bridgehead atoms. The van der Waals surface area contributed by atoms with Gasteiger partial charge in [-0.15, -0.1) is 0 Å². The number of hydrogen-bond donors (Lipinski definition) is 1. The van der Waals surface area contributed by atoms with Gasteiger partial charge >= 0.3 is 6.09 Å². The van der Waals surface area contributed by atoms with Crippen LogP contribution in [0.1, 0.15) is 50.8 Å². The highest BCUT2D eigenvalue weighted by atomic mass is 127. The lowest BCUT2D eigenvalue weighted by Crippen LogP contribution is -2.65. The first kappa shape index (κ1) is 35.6. The molecule has 1 saturated heterocycles. The molecule has 49 heavy (non-hydrogen) atoms. The number of hydrogen-bond acceptors (Lipinski definition) is 7. The lowest BCUT2D eigenvalue weighted by molar-refractivity contribution is -0.133. The average molecular weight is 789 g/mol. The Hall–Kier alpha value is -4.72. The zero-order valence-electron chi connectivity index (χ0n) is 26.7. The molecule has 4 amide bonds. The Labute approximate surface area is 294 Å². The molecule has 1 N–H and O–H groups in total. The fraction of sp³-hybridized carbons (Fsp3) is 0.353. The van der Waals surface area contributed by atoms with Crippen LogP contribution in [0.4, 0.5) is 29.5 Å². The molecule has 1 saturated carbocycles. The van der Waals surface area contributed by atoms with Gasteiger partial charge in [-0.25, -0.2) is 22.9 Å². The summed E-state index contributed by atoms with van der Waals surface area (Å²) in [5.74, 6) is -6.25. The molecule has 2 aromatic carbocycles. The first-order valence-electron chi connectivity index (χ1n) is 15.2. The molecule has 1 aliphatic heterocycles. The Morgan fingerprint density at radius 1 is 1.12 bits per heavy atom. The zero-order chi connectivity index (χ0) is 35.7. The summed E-state index contributed by atoms with van der Waals surface area (Å²) in [6, 6.07) is 12.2. The minimum atomic E-state index is -2.95. The maximum absolute atomic E-state index is 15.1. The SMILES string of the molecule is CC(C)(C)OC(=O)N1CC(=O)N(c2cc(C#N)ccn2)[C@H](C(=O)N(c2cccc(F)c2)[C@H](C(=O)NC2CC(F)(F)C2)c2ccccc2I)C1. The number of piperazine rings is 1. The molecule has 15 heteroatoms. The summed E-state index contributed by atoms with van der Waals surface area (Å²) >= 11 is 1.97. The van der Waals surface area contributed by atoms with Crippen molar-refractivity contribution < 1.29 is 37.1 Å². The molecule has 3 aromatic rings. The Morgan fingerprint density at radius 3 is 2.47 bits per heavy atom. The third-order valence-corrected chi connectivity index (χ3v) is 8.81. The summed E-state index contributed by atoms with van der Waals surface area (Å²) in [4.78, 5) is 63.7. The molecule has 1 aromatic heterocycles. The Kier molecular flexibility index (Phi) is 10.2. The van der Waals surface area contributed by atoms with E-state index in [-0.39, 0.29) is 17.1 Å². The summed E-state index contributed by atoms with van der Waals surface area (Å²) in [7, 11) is 0. The molecule has 2 heterocycles. The van der Waals surface area contributed by atoms with Crippen molar-refractivity contribution in [3.05, 3.63) is 87.4 Å². The van der Waals surface area contributed by atoms with E-state index >= 15 is 4.79 Å². The van der Waals surface area contributed by atoms with E-state index in [0.29, 0.717) is 9.13 Å². The molecule has 0 unspecified atom stereocenters. The van der Waals surface area contributed by atoms with Crippen LogP contribution in [-0.4, -0.2) is 70.4 Å². The van der Waals surface area contributed by atoms with Crippen molar-refractivity contribution >= 4 is 57.9 Å². The Morgan fingerprint density at radius 2 is 1.84 bits per heavy atom. The largest absolute Gasteiger partial charge is 0.444 e. The van der Waals surface area contributed by atoms with E-state index in [2.05, 4.69) is 10.3 Å². The highest BCUT2D eigenvalue weighted by Gasteiger charge is 2.49. The number of alkyl halides is 2. The first-order chi connectivity index (χ1) is 23.1. The van der Waals surface area contributed by atoms with Gasteiger partial charge in [-0.3, -0.25) is 29.1 Å². The van der Waals surface area contributed by atoms with Crippen molar-refractivity contribution in [2.75, 3.05) is 22.9 Å². The van der Waals surface area contributed by atoms with Gasteiger partial charge in [0.2, 0.25) is 11.8 Å². The number of rotatable bonds is 7. The van der Waals surface area contributed by atoms with Crippen LogP contribution in [0.5, 0.6) is 0 Å². The van der Waals surface area contributed by atoms with E-state index in [9.17, 15) is 32.8 Å². The van der Waals surface area contributed by atoms with E-state index in [4.69, 9.17) is 4.74 Å². The highest BCUT2D eigenvalue weighted by molar-refractivity contribution is 14.1. The fourth-order valence-corrected chi connectivity index (χ4v) is 6.34. The van der Waals surface area contributed by atoms with Crippen molar-refractivity contribution in [2.24, 2.45) is 0 Å². The van der Waals surface area contributed by atoms with Gasteiger partial charge in [0, 0.05) is 34.3 Å². The number of halogens is 4. The standard InChI is InChI=1S/C34H32F3IN6O5/c1-33(2,3)49-32(48)42-18-26(44(28(45)19-42)27-13-20(17-39)11-12-40-27)31(47)43(23-8-6-7-21(35)14-23)29(24-9-4-5-10-25(24)38)30(46)41-22-15-34(36,37)16-22/h4-14,22,26,29H,15-16,18-19H2,1-3H3,(H,41,46)/t26-,29-/m0/s1. The van der Waals surface area contributed by atoms with Crippen molar-refractivity contribution in [1.29, 1.82) is 5.26 Å². The molecule has 11 nitrogen and oxygen atoms in total. The van der Waals surface area contributed by atoms with Crippen LogP contribution in [0.25, 0.3) is 0 Å². The van der Waals surface area contributed by atoms with Crippen molar-refractivity contribution in [1.82, 2.24) is 15.2 Å². The van der Waals surface area contributed by atoms with Crippen LogP contribution in [0.3, 0.4) is 0 Å². The number of aromatic nitrogens is 1. The van der Waals surface area contributed by atoms with Crippen LogP contribution in [0.2, 0.25) is 0 Å². The Bertz CT molecular complexity index is 1820. The topological polar surface area (TPSA) is 136 Å². The van der Waals surface area contributed by atoms with Crippen molar-refractivity contribution in [3.8, 4) is 6.07 Å². The molecule has 0 spiro atoms. The maximum Gasteiger partial charge on any atom is 0.410 e. The van der Waals surface area contributed by atoms with Crippen LogP contribution in [0.15, 0.2) is 66.9 Å². The van der Waals surface area contributed by atoms with Gasteiger partial charge in [-0.2, -0.15) is 5.26 Å². The van der Waals surface area contributed by atoms with Gasteiger partial charge in [-0.1, -0.05) is 24.3 Å². The van der Waals surface area contributed by atoms with Crippen LogP contribution in [-0.2, 0) is 19.1 Å². The van der Waals surface area contributed by atoms with Gasteiger partial charge in [0.15, 0.2) is 0 Å². The van der Waals surface area contributed by atoms with E-state index in [1.54, 1.807) is 45.0 Å². The van der Waals surface area contributed by atoms with Gasteiger partial charge in [0.1, 0.15) is 35.9 Å². The second-order valence-corrected chi connectivity index (χ2v) is 13.9. The van der Waals surface area contributed by atoms with Gasteiger partial charge < -0.3 is 10.1 Å². The number of carbonyl (C=O) groups is 4. The van der Waals surface area contributed by atoms with Crippen LogP contribution in [0, 0.1) is 20.7 Å². The van der Waals surface area contributed by atoms with Gasteiger partial charge in [-0.05, 0) is 85.3 Å². The van der Waals surface area contributed by atoms with E-state index in [1.807, 2.05) is 28.7 Å². The molecule has 0 radical (unpaired) electrons. The molecular formula is C34H32F3IN6O5. The number of amides is 4. The minimum Gasteiger partial charge on any atom is -0.444 e. The molecule has 1 aliphatic carbocycles. The third kappa shape index (κ3) is 8.12. The molecular weight excluding hydrogens is 756 g/mol. The Balaban J connectivity index is 1.66. The van der Waals surface area contributed by atoms with E-state index in [1.165, 1.54) is 30.5 Å². The predicted molar refractivity (Wildman–Crippen MR) is 180 cm³/mol. The van der Waals surface area contributed by atoms with Crippen molar-refractivity contribution in [2.45, 2.75) is 63.3 Å². The summed E-state index contributed by atoms with van der Waals surface area (Å²) < 4.78 is 48.5. The number of pyridine rings is 1. The van der Waals surface area contributed by atoms with Crippen LogP contribution >= 0.6 is 22.6 Å². The van der Waals surface area contributed by atoms with E-state index < -0.39 is 85.2 Å². The molecule has 2 atom stereocenters. The monoisotopic (exact) mass is 788 g/mol. The molecule has 2 aliphatic rings. The number of carbonyl (C=O) groups excluding carboxylic acids is 4. The number of nitrogens with zero attached hydrogens (tertiary/aromatic N) is 5. The number of nitrogens with one attached hydrogen (secondary N) is 1. The fourth-order valence-electron chi connectivity index (χ4n) is 5.66. The number of anilines is 2. The second kappa shape index (κ2) is 14.0. The quantitative estimate of drug-likeness (QED) is 0.320. The minimum absolute atomic E-state index is 0.0718. The third-order valence-electron chi connectivity index (χ3n) is 7.82. The van der Waals surface area contributed by atoms with Crippen LogP contribution < -0.4 is 15.1 Å². The highest BCUT2D eigenvalue weighted by Crippen LogP contribution is 2.39. The summed E-state index contributed by atoms with van der Waals surface area (Å²) in [5.41, 5.74) is -0.594. The number of ether oxygens (including phenoxy) is 1. The number of benzene rings is 2. The first-order valence-corrected chi connectivity index (χ1v) is 16.3. The lowest BCUT2D eigenvalue weighted by Gasteiger charge is -2.43.